The van der Waals surface area contributed by atoms with E-state index >= 15 is 0 Å². The fourth-order valence-electron chi connectivity index (χ4n) is 2.43. The standard InChI is InChI=1S/C15H23N3/c1-18(2)12-4-3-10-16-14-9-5-7-13-8-6-11-17-15(13)14/h6,8,10-11,14H,3-5,7,9,12H2,1-2H3/t14-/m0/s1. The summed E-state index contributed by atoms with van der Waals surface area (Å²) in [6.07, 6.45) is 9.77. The van der Waals surface area contributed by atoms with Crippen LogP contribution in [0.15, 0.2) is 23.3 Å². The summed E-state index contributed by atoms with van der Waals surface area (Å²) in [5.74, 6) is 0. The average molecular weight is 245 g/mol. The normalized spacial score (nSPS) is 19.4. The number of unbranched alkanes of at least 4 members (excludes halogenated alkanes) is 1. The van der Waals surface area contributed by atoms with Crippen LogP contribution in [0.2, 0.25) is 0 Å². The Hall–Kier alpha value is -1.22. The van der Waals surface area contributed by atoms with Crippen LogP contribution in [0.25, 0.3) is 0 Å². The Labute approximate surface area is 110 Å². The molecular weight excluding hydrogens is 222 g/mol. The molecule has 0 N–H and O–H groups in total. The van der Waals surface area contributed by atoms with E-state index in [4.69, 9.17) is 4.99 Å². The molecule has 18 heavy (non-hydrogen) atoms. The van der Waals surface area contributed by atoms with Crippen LogP contribution in [0.3, 0.4) is 0 Å². The summed E-state index contributed by atoms with van der Waals surface area (Å²) in [6.45, 7) is 1.13. The topological polar surface area (TPSA) is 28.5 Å². The van der Waals surface area contributed by atoms with E-state index in [9.17, 15) is 0 Å². The molecule has 0 amide bonds. The third-order valence-corrected chi connectivity index (χ3v) is 3.39. The van der Waals surface area contributed by atoms with Crippen molar-refractivity contribution in [3.63, 3.8) is 0 Å². The first kappa shape index (κ1) is 13.2. The second-order valence-electron chi connectivity index (χ2n) is 5.23. The molecule has 0 saturated carbocycles. The van der Waals surface area contributed by atoms with E-state index in [1.54, 1.807) is 0 Å². The number of rotatable bonds is 5. The molecule has 1 aliphatic carbocycles. The van der Waals surface area contributed by atoms with E-state index in [-0.39, 0.29) is 0 Å². The van der Waals surface area contributed by atoms with Gasteiger partial charge in [-0.05, 0) is 70.6 Å². The van der Waals surface area contributed by atoms with Gasteiger partial charge in [0.05, 0.1) is 11.7 Å². The van der Waals surface area contributed by atoms with Crippen molar-refractivity contribution >= 4 is 6.21 Å². The summed E-state index contributed by atoms with van der Waals surface area (Å²) in [7, 11) is 4.22. The molecule has 0 fully saturated rings. The number of nitrogens with zero attached hydrogens (tertiary/aromatic N) is 3. The van der Waals surface area contributed by atoms with Crippen molar-refractivity contribution in [2.24, 2.45) is 4.99 Å². The molecule has 1 heterocycles. The molecule has 0 unspecified atom stereocenters. The highest BCUT2D eigenvalue weighted by molar-refractivity contribution is 5.57. The van der Waals surface area contributed by atoms with E-state index in [1.807, 2.05) is 12.3 Å². The number of pyridine rings is 1. The van der Waals surface area contributed by atoms with Crippen LogP contribution >= 0.6 is 0 Å². The van der Waals surface area contributed by atoms with Crippen molar-refractivity contribution in [1.29, 1.82) is 0 Å². The van der Waals surface area contributed by atoms with Crippen LogP contribution < -0.4 is 0 Å². The lowest BCUT2D eigenvalue weighted by atomic mass is 9.92. The molecule has 0 bridgehead atoms. The molecule has 3 nitrogen and oxygen atoms in total. The van der Waals surface area contributed by atoms with Crippen molar-refractivity contribution in [2.75, 3.05) is 20.6 Å². The Balaban J connectivity index is 1.89. The summed E-state index contributed by atoms with van der Waals surface area (Å²) in [5, 5.41) is 0. The summed E-state index contributed by atoms with van der Waals surface area (Å²) in [5.41, 5.74) is 2.59. The van der Waals surface area contributed by atoms with Gasteiger partial charge < -0.3 is 4.90 Å². The summed E-state index contributed by atoms with van der Waals surface area (Å²) >= 11 is 0. The van der Waals surface area contributed by atoms with Gasteiger partial charge in [-0.25, -0.2) is 0 Å². The lowest BCUT2D eigenvalue weighted by Crippen LogP contribution is -2.13. The van der Waals surface area contributed by atoms with Gasteiger partial charge >= 0.3 is 0 Å². The lowest BCUT2D eigenvalue weighted by molar-refractivity contribution is 0.404. The highest BCUT2D eigenvalue weighted by Gasteiger charge is 2.19. The zero-order valence-corrected chi connectivity index (χ0v) is 11.5. The molecule has 3 heteroatoms. The largest absolute Gasteiger partial charge is 0.309 e. The predicted molar refractivity (Wildman–Crippen MR) is 76.2 cm³/mol. The monoisotopic (exact) mass is 245 g/mol. The Bertz CT molecular complexity index is 398. The number of hydrogen-bond acceptors (Lipinski definition) is 3. The number of fused-ring (bicyclic) bond motifs is 1. The maximum absolute atomic E-state index is 4.72. The van der Waals surface area contributed by atoms with Gasteiger partial charge in [0.1, 0.15) is 0 Å². The molecule has 1 aliphatic rings. The SMILES string of the molecule is CN(C)CCCC=N[C@H]1CCCc2cccnc21. The minimum atomic E-state index is 0.300. The fourth-order valence-corrected chi connectivity index (χ4v) is 2.43. The van der Waals surface area contributed by atoms with Gasteiger partial charge in [-0.2, -0.15) is 0 Å². The Kier molecular flexibility index (Phi) is 4.88. The Morgan fingerprint density at radius 1 is 1.50 bits per heavy atom. The van der Waals surface area contributed by atoms with E-state index in [2.05, 4.69) is 36.3 Å². The molecule has 0 spiro atoms. The first-order valence-corrected chi connectivity index (χ1v) is 6.87. The van der Waals surface area contributed by atoms with Crippen molar-refractivity contribution < 1.29 is 0 Å². The smallest absolute Gasteiger partial charge is 0.0918 e. The molecule has 0 aromatic carbocycles. The van der Waals surface area contributed by atoms with Gasteiger partial charge in [0.25, 0.3) is 0 Å². The van der Waals surface area contributed by atoms with E-state index in [0.717, 1.165) is 25.8 Å². The molecule has 1 atom stereocenters. The molecule has 98 valence electrons. The average Bonchev–Trinajstić information content (AvgIpc) is 2.38. The van der Waals surface area contributed by atoms with Gasteiger partial charge in [-0.15, -0.1) is 0 Å². The quantitative estimate of drug-likeness (QED) is 0.589. The predicted octanol–water partition coefficient (Wildman–Crippen LogP) is 2.87. The van der Waals surface area contributed by atoms with Crippen molar-refractivity contribution in [2.45, 2.75) is 38.1 Å². The maximum atomic E-state index is 4.72. The third kappa shape index (κ3) is 3.64. The molecule has 1 aromatic heterocycles. The first-order valence-electron chi connectivity index (χ1n) is 6.87. The third-order valence-electron chi connectivity index (χ3n) is 3.39. The van der Waals surface area contributed by atoms with Crippen LogP contribution in [-0.4, -0.2) is 36.7 Å². The van der Waals surface area contributed by atoms with Gasteiger partial charge in [-0.3, -0.25) is 9.98 Å². The van der Waals surface area contributed by atoms with Gasteiger partial charge in [0.2, 0.25) is 0 Å². The molecule has 0 saturated heterocycles. The number of aliphatic imine (C=N–C) groups is 1. The van der Waals surface area contributed by atoms with E-state index in [0.29, 0.717) is 6.04 Å². The Morgan fingerprint density at radius 2 is 2.39 bits per heavy atom. The second-order valence-corrected chi connectivity index (χ2v) is 5.23. The highest BCUT2D eigenvalue weighted by Crippen LogP contribution is 2.30. The minimum absolute atomic E-state index is 0.300. The van der Waals surface area contributed by atoms with E-state index < -0.39 is 0 Å². The summed E-state index contributed by atoms with van der Waals surface area (Å²) in [6, 6.07) is 4.52. The van der Waals surface area contributed by atoms with Crippen LogP contribution in [0.4, 0.5) is 0 Å². The van der Waals surface area contributed by atoms with Crippen LogP contribution in [-0.2, 0) is 6.42 Å². The zero-order valence-electron chi connectivity index (χ0n) is 11.5. The fraction of sp³-hybridized carbons (Fsp3) is 0.600. The van der Waals surface area contributed by atoms with Crippen molar-refractivity contribution in [1.82, 2.24) is 9.88 Å². The first-order chi connectivity index (χ1) is 8.77. The summed E-state index contributed by atoms with van der Waals surface area (Å²) in [4.78, 5) is 11.4. The van der Waals surface area contributed by atoms with Gasteiger partial charge in [0, 0.05) is 6.20 Å². The number of aromatic nitrogens is 1. The molecular formula is C15H23N3. The Morgan fingerprint density at radius 3 is 3.22 bits per heavy atom. The zero-order chi connectivity index (χ0) is 12.8. The van der Waals surface area contributed by atoms with Crippen LogP contribution in [0.5, 0.6) is 0 Å². The van der Waals surface area contributed by atoms with Gasteiger partial charge in [0.15, 0.2) is 0 Å². The number of aryl methyl sites for hydroxylation is 1. The molecule has 0 aliphatic heterocycles. The van der Waals surface area contributed by atoms with Crippen molar-refractivity contribution in [3.8, 4) is 0 Å². The lowest BCUT2D eigenvalue weighted by Gasteiger charge is -2.20. The van der Waals surface area contributed by atoms with Crippen LogP contribution in [0.1, 0.15) is 43.0 Å². The van der Waals surface area contributed by atoms with Crippen LogP contribution in [0, 0.1) is 0 Å². The molecule has 0 radical (unpaired) electrons. The van der Waals surface area contributed by atoms with Crippen molar-refractivity contribution in [3.05, 3.63) is 29.6 Å². The van der Waals surface area contributed by atoms with Gasteiger partial charge in [-0.1, -0.05) is 6.07 Å². The summed E-state index contributed by atoms with van der Waals surface area (Å²) < 4.78 is 0. The molecule has 1 aromatic rings. The number of hydrogen-bond donors (Lipinski definition) is 0. The van der Waals surface area contributed by atoms with E-state index in [1.165, 1.54) is 24.1 Å². The second kappa shape index (κ2) is 6.64. The minimum Gasteiger partial charge on any atom is -0.309 e. The molecule has 2 rings (SSSR count). The maximum Gasteiger partial charge on any atom is 0.0918 e. The highest BCUT2D eigenvalue weighted by atomic mass is 15.0.